The van der Waals surface area contributed by atoms with Gasteiger partial charge in [0.2, 0.25) is 0 Å². The van der Waals surface area contributed by atoms with Gasteiger partial charge in [-0.05, 0) is 48.8 Å². The van der Waals surface area contributed by atoms with Crippen molar-refractivity contribution in [2.75, 3.05) is 12.8 Å². The number of methoxy groups -OCH3 is 1. The van der Waals surface area contributed by atoms with Crippen molar-refractivity contribution in [1.29, 1.82) is 0 Å². The molecule has 2 aliphatic rings. The van der Waals surface area contributed by atoms with Gasteiger partial charge in [0.15, 0.2) is 5.82 Å². The molecule has 0 amide bonds. The number of nitrogens with one attached hydrogen (secondary N) is 1. The van der Waals surface area contributed by atoms with Crippen LogP contribution in [0.25, 0.3) is 11.1 Å². The lowest BCUT2D eigenvalue weighted by Gasteiger charge is -2.10. The highest BCUT2D eigenvalue weighted by Gasteiger charge is 2.54. The summed E-state index contributed by atoms with van der Waals surface area (Å²) in [5.74, 6) is 3.81. The molecular formula is C17H21N3O. The average Bonchev–Trinajstić information content (AvgIpc) is 2.85. The number of nitrogens with two attached hydrogens (primary N) is 1. The zero-order chi connectivity index (χ0) is 14.6. The van der Waals surface area contributed by atoms with Crippen LogP contribution >= 0.6 is 0 Å². The van der Waals surface area contributed by atoms with Gasteiger partial charge in [0.25, 0.3) is 0 Å². The Kier molecular flexibility index (Phi) is 2.74. The van der Waals surface area contributed by atoms with Gasteiger partial charge in [-0.1, -0.05) is 18.6 Å². The number of benzene rings is 1. The molecule has 1 aromatic carbocycles. The minimum Gasteiger partial charge on any atom is -0.496 e. The third-order valence-electron chi connectivity index (χ3n) is 5.26. The topological polar surface area (TPSA) is 63.9 Å². The summed E-state index contributed by atoms with van der Waals surface area (Å²) in [4.78, 5) is 0. The maximum Gasteiger partial charge on any atom is 0.153 e. The lowest BCUT2D eigenvalue weighted by atomic mass is 9.98. The van der Waals surface area contributed by atoms with Crippen molar-refractivity contribution < 1.29 is 4.74 Å². The predicted octanol–water partition coefficient (Wildman–Crippen LogP) is 3.49. The number of aryl methyl sites for hydroxylation is 1. The van der Waals surface area contributed by atoms with E-state index in [1.165, 1.54) is 25.0 Å². The lowest BCUT2D eigenvalue weighted by Crippen LogP contribution is -1.94. The van der Waals surface area contributed by atoms with Gasteiger partial charge in [-0.3, -0.25) is 5.10 Å². The van der Waals surface area contributed by atoms with E-state index in [1.54, 1.807) is 7.11 Å². The van der Waals surface area contributed by atoms with E-state index >= 15 is 0 Å². The molecule has 0 radical (unpaired) electrons. The first kappa shape index (κ1) is 12.7. The Labute approximate surface area is 124 Å². The van der Waals surface area contributed by atoms with E-state index < -0.39 is 0 Å². The van der Waals surface area contributed by atoms with E-state index in [0.29, 0.717) is 11.7 Å². The van der Waals surface area contributed by atoms with Crippen molar-refractivity contribution in [3.8, 4) is 16.9 Å². The number of aromatic nitrogens is 2. The quantitative estimate of drug-likeness (QED) is 0.906. The summed E-state index contributed by atoms with van der Waals surface area (Å²) in [5, 5.41) is 7.47. The molecule has 110 valence electrons. The average molecular weight is 283 g/mol. The molecule has 1 aromatic heterocycles. The maximum atomic E-state index is 6.14. The second-order valence-corrected chi connectivity index (χ2v) is 6.37. The fraction of sp³-hybridized carbons (Fsp3) is 0.471. The van der Waals surface area contributed by atoms with E-state index in [1.807, 2.05) is 6.92 Å². The number of rotatable bonds is 3. The Morgan fingerprint density at radius 2 is 2.05 bits per heavy atom. The van der Waals surface area contributed by atoms with E-state index in [4.69, 9.17) is 10.5 Å². The molecular weight excluding hydrogens is 262 g/mol. The molecule has 4 nitrogen and oxygen atoms in total. The normalized spacial score (nSPS) is 26.7. The zero-order valence-electron chi connectivity index (χ0n) is 12.5. The van der Waals surface area contributed by atoms with Gasteiger partial charge in [-0.15, -0.1) is 0 Å². The molecule has 2 aliphatic carbocycles. The van der Waals surface area contributed by atoms with Gasteiger partial charge in [0, 0.05) is 17.2 Å². The Balaban J connectivity index is 1.77. The largest absolute Gasteiger partial charge is 0.496 e. The molecule has 1 heterocycles. The van der Waals surface area contributed by atoms with Crippen LogP contribution in [0, 0.1) is 18.8 Å². The molecule has 3 N–H and O–H groups in total. The number of hydrogen-bond donors (Lipinski definition) is 2. The first-order valence-electron chi connectivity index (χ1n) is 7.69. The molecule has 2 saturated carbocycles. The Bertz CT molecular complexity index is 681. The first-order valence-corrected chi connectivity index (χ1v) is 7.69. The van der Waals surface area contributed by atoms with Crippen LogP contribution in [0.3, 0.4) is 0 Å². The van der Waals surface area contributed by atoms with E-state index in [-0.39, 0.29) is 0 Å². The van der Waals surface area contributed by atoms with Gasteiger partial charge in [-0.25, -0.2) is 0 Å². The molecule has 0 saturated heterocycles. The Morgan fingerprint density at radius 3 is 2.76 bits per heavy atom. The number of anilines is 1. The van der Waals surface area contributed by atoms with E-state index in [0.717, 1.165) is 34.3 Å². The molecule has 21 heavy (non-hydrogen) atoms. The SMILES string of the molecule is COc1cc(-c2c(N)n[nH]c2C2C3CCCC32)ccc1C. The number of fused-ring (bicyclic) bond motifs is 1. The third kappa shape index (κ3) is 1.85. The molecule has 2 aromatic rings. The van der Waals surface area contributed by atoms with E-state index in [2.05, 4.69) is 28.4 Å². The highest BCUT2D eigenvalue weighted by Crippen LogP contribution is 2.64. The highest BCUT2D eigenvalue weighted by atomic mass is 16.5. The van der Waals surface area contributed by atoms with Crippen LogP contribution in [0.4, 0.5) is 5.82 Å². The Morgan fingerprint density at radius 1 is 1.29 bits per heavy atom. The van der Waals surface area contributed by atoms with Crippen LogP contribution in [0.15, 0.2) is 18.2 Å². The van der Waals surface area contributed by atoms with Crippen molar-refractivity contribution in [2.45, 2.75) is 32.1 Å². The van der Waals surface area contributed by atoms with Crippen LogP contribution in [0.1, 0.15) is 36.4 Å². The van der Waals surface area contributed by atoms with Crippen molar-refractivity contribution in [3.05, 3.63) is 29.5 Å². The summed E-state index contributed by atoms with van der Waals surface area (Å²) in [6, 6.07) is 6.26. The lowest BCUT2D eigenvalue weighted by molar-refractivity contribution is 0.412. The first-order chi connectivity index (χ1) is 10.2. The summed E-state index contributed by atoms with van der Waals surface area (Å²) >= 11 is 0. The van der Waals surface area contributed by atoms with Crippen LogP contribution in [0.2, 0.25) is 0 Å². The molecule has 2 unspecified atom stereocenters. The van der Waals surface area contributed by atoms with Gasteiger partial charge < -0.3 is 10.5 Å². The van der Waals surface area contributed by atoms with Crippen LogP contribution < -0.4 is 10.5 Å². The predicted molar refractivity (Wildman–Crippen MR) is 83.3 cm³/mol. The van der Waals surface area contributed by atoms with Gasteiger partial charge >= 0.3 is 0 Å². The smallest absolute Gasteiger partial charge is 0.153 e. The van der Waals surface area contributed by atoms with Crippen LogP contribution in [-0.4, -0.2) is 17.3 Å². The number of ether oxygens (including phenoxy) is 1. The van der Waals surface area contributed by atoms with Crippen molar-refractivity contribution in [2.24, 2.45) is 11.8 Å². The molecule has 0 spiro atoms. The van der Waals surface area contributed by atoms with Gasteiger partial charge in [0.05, 0.1) is 7.11 Å². The molecule has 0 aliphatic heterocycles. The standard InChI is InChI=1S/C17H21N3O/c1-9-6-7-10(8-13(9)21-2)14-16(19-20-17(14)18)15-11-4-3-5-12(11)15/h6-8,11-12,15H,3-5H2,1-2H3,(H3,18,19,20). The minimum absolute atomic E-state index is 0.598. The number of nitrogen functional groups attached to an aromatic ring is 1. The minimum atomic E-state index is 0.598. The second kappa shape index (κ2) is 4.52. The molecule has 2 atom stereocenters. The van der Waals surface area contributed by atoms with Crippen LogP contribution in [0.5, 0.6) is 5.75 Å². The molecule has 2 fully saturated rings. The summed E-state index contributed by atoms with van der Waals surface area (Å²) < 4.78 is 5.44. The van der Waals surface area contributed by atoms with Crippen molar-refractivity contribution in [3.63, 3.8) is 0 Å². The summed E-state index contributed by atoms with van der Waals surface area (Å²) in [6.07, 6.45) is 4.08. The fourth-order valence-corrected chi connectivity index (χ4v) is 4.14. The molecule has 4 heteroatoms. The van der Waals surface area contributed by atoms with Crippen molar-refractivity contribution >= 4 is 5.82 Å². The van der Waals surface area contributed by atoms with Crippen molar-refractivity contribution in [1.82, 2.24) is 10.2 Å². The van der Waals surface area contributed by atoms with Crippen LogP contribution in [-0.2, 0) is 0 Å². The van der Waals surface area contributed by atoms with Gasteiger partial charge in [-0.2, -0.15) is 5.10 Å². The summed E-state index contributed by atoms with van der Waals surface area (Å²) in [6.45, 7) is 2.05. The Hall–Kier alpha value is -1.97. The molecule has 4 rings (SSSR count). The zero-order valence-corrected chi connectivity index (χ0v) is 12.5. The maximum absolute atomic E-state index is 6.14. The highest BCUT2D eigenvalue weighted by molar-refractivity contribution is 5.78. The number of nitrogens with zero attached hydrogens (tertiary/aromatic N) is 1. The monoisotopic (exact) mass is 283 g/mol. The number of hydrogen-bond acceptors (Lipinski definition) is 3. The number of aromatic amines is 1. The second-order valence-electron chi connectivity index (χ2n) is 6.37. The van der Waals surface area contributed by atoms with E-state index in [9.17, 15) is 0 Å². The molecule has 0 bridgehead atoms. The summed E-state index contributed by atoms with van der Waals surface area (Å²) in [7, 11) is 1.71. The fourth-order valence-electron chi connectivity index (χ4n) is 4.14. The number of H-pyrrole nitrogens is 1. The van der Waals surface area contributed by atoms with Gasteiger partial charge in [0.1, 0.15) is 5.75 Å². The third-order valence-corrected chi connectivity index (χ3v) is 5.26. The summed E-state index contributed by atoms with van der Waals surface area (Å²) in [5.41, 5.74) is 10.7.